The molecule has 3 heteroatoms. The van der Waals surface area contributed by atoms with E-state index >= 15 is 0 Å². The minimum Gasteiger partial charge on any atom is -0.396 e. The van der Waals surface area contributed by atoms with Crippen LogP contribution in [0, 0.1) is 12.8 Å². The summed E-state index contributed by atoms with van der Waals surface area (Å²) in [6, 6.07) is 8.49. The fraction of sp³-hybridized carbons (Fsp3) is 0.476. The first-order valence-electron chi connectivity index (χ1n) is 9.01. The lowest BCUT2D eigenvalue weighted by Crippen LogP contribution is -2.02. The lowest BCUT2D eigenvalue weighted by Gasteiger charge is -2.05. The third-order valence-corrected chi connectivity index (χ3v) is 6.74. The Labute approximate surface area is 147 Å². The summed E-state index contributed by atoms with van der Waals surface area (Å²) in [5.41, 5.74) is 5.40. The number of fused-ring (bicyclic) bond motifs is 3. The Balaban J connectivity index is 1.39. The molecule has 4 rings (SSSR count). The second-order valence-corrected chi connectivity index (χ2v) is 8.48. The van der Waals surface area contributed by atoms with Crippen LogP contribution in [0.2, 0.25) is 0 Å². The quantitative estimate of drug-likeness (QED) is 0.756. The first-order valence-corrected chi connectivity index (χ1v) is 9.83. The molecule has 24 heavy (non-hydrogen) atoms. The van der Waals surface area contributed by atoms with Crippen molar-refractivity contribution < 1.29 is 9.90 Å². The third-order valence-electron chi connectivity index (χ3n) is 5.53. The zero-order valence-corrected chi connectivity index (χ0v) is 15.0. The van der Waals surface area contributed by atoms with Crippen LogP contribution in [0.3, 0.4) is 0 Å². The van der Waals surface area contributed by atoms with Gasteiger partial charge in [-0.15, -0.1) is 11.3 Å². The number of hydrogen-bond donors (Lipinski definition) is 1. The van der Waals surface area contributed by atoms with Crippen LogP contribution in [-0.2, 0) is 19.3 Å². The van der Waals surface area contributed by atoms with Crippen molar-refractivity contribution in [3.63, 3.8) is 0 Å². The topological polar surface area (TPSA) is 37.3 Å². The second-order valence-electron chi connectivity index (χ2n) is 7.25. The molecule has 2 aromatic rings. The summed E-state index contributed by atoms with van der Waals surface area (Å²) in [6.07, 6.45) is 5.64. The molecule has 2 nitrogen and oxygen atoms in total. The zero-order valence-electron chi connectivity index (χ0n) is 14.2. The normalized spacial score (nSPS) is 20.8. The first kappa shape index (κ1) is 16.0. The van der Waals surface area contributed by atoms with Crippen molar-refractivity contribution in [2.24, 2.45) is 5.92 Å². The molecular formula is C21H24O2S. The minimum absolute atomic E-state index is 0.239. The number of aliphatic hydroxyl groups is 1. The summed E-state index contributed by atoms with van der Waals surface area (Å²) in [5, 5.41) is 8.89. The summed E-state index contributed by atoms with van der Waals surface area (Å²) >= 11 is 1.73. The van der Waals surface area contributed by atoms with E-state index in [-0.39, 0.29) is 6.61 Å². The van der Waals surface area contributed by atoms with Crippen molar-refractivity contribution in [2.45, 2.75) is 51.4 Å². The van der Waals surface area contributed by atoms with Crippen LogP contribution >= 0.6 is 11.3 Å². The van der Waals surface area contributed by atoms with Gasteiger partial charge < -0.3 is 5.11 Å². The number of carbonyl (C=O) groups excluding carboxylic acids is 1. The molecular weight excluding hydrogens is 316 g/mol. The number of aliphatic hydroxyl groups excluding tert-OH is 1. The number of thiophene rings is 1. The van der Waals surface area contributed by atoms with Crippen LogP contribution < -0.4 is 0 Å². The predicted octanol–water partition coefficient (Wildman–Crippen LogP) is 4.46. The van der Waals surface area contributed by atoms with Crippen LogP contribution in [-0.4, -0.2) is 17.5 Å². The van der Waals surface area contributed by atoms with Crippen molar-refractivity contribution in [1.29, 1.82) is 0 Å². The number of hydrogen-bond acceptors (Lipinski definition) is 3. The first-order chi connectivity index (χ1) is 11.7. The van der Waals surface area contributed by atoms with Crippen molar-refractivity contribution >= 4 is 17.1 Å². The van der Waals surface area contributed by atoms with Crippen LogP contribution in [0.5, 0.6) is 0 Å². The number of Topliss-reactive ketones (excluding diaryl/α,β-unsaturated/α-hetero) is 1. The largest absolute Gasteiger partial charge is 0.396 e. The van der Waals surface area contributed by atoms with Gasteiger partial charge in [-0.3, -0.25) is 4.79 Å². The molecule has 2 atom stereocenters. The van der Waals surface area contributed by atoms with Crippen LogP contribution in [0.15, 0.2) is 24.3 Å². The Bertz CT molecular complexity index is 757. The van der Waals surface area contributed by atoms with E-state index in [1.54, 1.807) is 11.3 Å². The van der Waals surface area contributed by atoms with Crippen molar-refractivity contribution in [3.8, 4) is 0 Å². The molecule has 0 unspecified atom stereocenters. The molecule has 0 radical (unpaired) electrons. The molecule has 126 valence electrons. The number of benzene rings is 1. The van der Waals surface area contributed by atoms with Gasteiger partial charge in [-0.05, 0) is 73.1 Å². The van der Waals surface area contributed by atoms with Gasteiger partial charge in [0.25, 0.3) is 0 Å². The van der Waals surface area contributed by atoms with E-state index in [0.717, 1.165) is 42.4 Å². The maximum absolute atomic E-state index is 12.7. The molecule has 2 aliphatic carbocycles. The van der Waals surface area contributed by atoms with Gasteiger partial charge in [0.1, 0.15) is 0 Å². The van der Waals surface area contributed by atoms with Gasteiger partial charge in [-0.1, -0.05) is 24.3 Å². The summed E-state index contributed by atoms with van der Waals surface area (Å²) in [6.45, 7) is 2.43. The summed E-state index contributed by atoms with van der Waals surface area (Å²) in [4.78, 5) is 15.1. The Morgan fingerprint density at radius 3 is 2.62 bits per heavy atom. The molecule has 0 aliphatic heterocycles. The smallest absolute Gasteiger partial charge is 0.173 e. The molecule has 1 saturated carbocycles. The standard InChI is InChI=1S/C21H24O2S/c1-13-20-17-11-16(17)12-18(20)21(24-13)19(23)9-8-15-6-4-14(5-7-15)3-2-10-22/h4-7,16-17,22H,2-3,8-12H2,1H3/t16-,17-/m1/s1. The van der Waals surface area contributed by atoms with E-state index in [1.807, 2.05) is 0 Å². The zero-order chi connectivity index (χ0) is 16.7. The van der Waals surface area contributed by atoms with Gasteiger partial charge in [-0.2, -0.15) is 0 Å². The average molecular weight is 340 g/mol. The number of ketones is 1. The molecule has 0 saturated heterocycles. The van der Waals surface area contributed by atoms with Crippen molar-refractivity contribution in [2.75, 3.05) is 6.61 Å². The molecule has 0 bridgehead atoms. The Kier molecular flexibility index (Phi) is 4.31. The summed E-state index contributed by atoms with van der Waals surface area (Å²) in [5.74, 6) is 1.96. The Hall–Kier alpha value is -1.45. The number of rotatable bonds is 7. The molecule has 1 aromatic carbocycles. The van der Waals surface area contributed by atoms with Crippen LogP contribution in [0.1, 0.15) is 62.0 Å². The third kappa shape index (κ3) is 2.96. The molecule has 1 heterocycles. The number of aryl methyl sites for hydroxylation is 3. The molecule has 0 amide bonds. The summed E-state index contributed by atoms with van der Waals surface area (Å²) < 4.78 is 0. The molecule has 2 aliphatic rings. The van der Waals surface area contributed by atoms with Gasteiger partial charge in [0, 0.05) is 17.9 Å². The second kappa shape index (κ2) is 6.45. The van der Waals surface area contributed by atoms with E-state index in [9.17, 15) is 4.79 Å². The maximum atomic E-state index is 12.7. The predicted molar refractivity (Wildman–Crippen MR) is 98.1 cm³/mol. The lowest BCUT2D eigenvalue weighted by atomic mass is 10.0. The van der Waals surface area contributed by atoms with E-state index < -0.39 is 0 Å². The van der Waals surface area contributed by atoms with Gasteiger partial charge in [0.15, 0.2) is 5.78 Å². The van der Waals surface area contributed by atoms with E-state index in [2.05, 4.69) is 31.2 Å². The lowest BCUT2D eigenvalue weighted by molar-refractivity contribution is 0.0986. The van der Waals surface area contributed by atoms with Crippen molar-refractivity contribution in [3.05, 3.63) is 56.3 Å². The Morgan fingerprint density at radius 2 is 1.92 bits per heavy atom. The summed E-state index contributed by atoms with van der Waals surface area (Å²) in [7, 11) is 0. The minimum atomic E-state index is 0.239. The van der Waals surface area contributed by atoms with Gasteiger partial charge >= 0.3 is 0 Å². The van der Waals surface area contributed by atoms with E-state index in [1.165, 1.54) is 33.6 Å². The van der Waals surface area contributed by atoms with Crippen molar-refractivity contribution in [1.82, 2.24) is 0 Å². The average Bonchev–Trinajstić information content (AvgIpc) is 3.12. The van der Waals surface area contributed by atoms with E-state index in [0.29, 0.717) is 12.2 Å². The molecule has 1 fully saturated rings. The van der Waals surface area contributed by atoms with Gasteiger partial charge in [0.05, 0.1) is 4.88 Å². The van der Waals surface area contributed by atoms with Gasteiger partial charge in [-0.25, -0.2) is 0 Å². The monoisotopic (exact) mass is 340 g/mol. The molecule has 1 aromatic heterocycles. The fourth-order valence-electron chi connectivity index (χ4n) is 4.13. The van der Waals surface area contributed by atoms with Crippen LogP contribution in [0.4, 0.5) is 0 Å². The Morgan fingerprint density at radius 1 is 1.21 bits per heavy atom. The highest BCUT2D eigenvalue weighted by Crippen LogP contribution is 2.59. The highest BCUT2D eigenvalue weighted by atomic mass is 32.1. The van der Waals surface area contributed by atoms with Crippen LogP contribution in [0.25, 0.3) is 0 Å². The SMILES string of the molecule is Cc1sc(C(=O)CCc2ccc(CCCO)cc2)c2c1[C@@H]1C[C@@H]1C2. The number of carbonyl (C=O) groups is 1. The highest BCUT2D eigenvalue weighted by molar-refractivity contribution is 7.14. The highest BCUT2D eigenvalue weighted by Gasteiger charge is 2.48. The molecule has 0 spiro atoms. The fourth-order valence-corrected chi connectivity index (χ4v) is 5.36. The maximum Gasteiger partial charge on any atom is 0.173 e. The van der Waals surface area contributed by atoms with E-state index in [4.69, 9.17) is 5.11 Å². The van der Waals surface area contributed by atoms with Gasteiger partial charge in [0.2, 0.25) is 0 Å². The molecule has 1 N–H and O–H groups in total.